The highest BCUT2D eigenvalue weighted by Gasteiger charge is 2.12. The molecule has 1 rings (SSSR count). The van der Waals surface area contributed by atoms with Crippen LogP contribution < -0.4 is 9.47 Å². The van der Waals surface area contributed by atoms with Crippen molar-refractivity contribution < 1.29 is 9.47 Å². The van der Waals surface area contributed by atoms with E-state index in [9.17, 15) is 0 Å². The summed E-state index contributed by atoms with van der Waals surface area (Å²) in [5.41, 5.74) is 1.49. The zero-order valence-corrected chi connectivity index (χ0v) is 8.63. The van der Waals surface area contributed by atoms with Gasteiger partial charge in [0.1, 0.15) is 17.6 Å². The third kappa shape index (κ3) is 1.64. The van der Waals surface area contributed by atoms with Gasteiger partial charge in [-0.05, 0) is 18.6 Å². The van der Waals surface area contributed by atoms with Gasteiger partial charge in [-0.3, -0.25) is 0 Å². The molecule has 3 nitrogen and oxygen atoms in total. The maximum absolute atomic E-state index is 8.86. The van der Waals surface area contributed by atoms with Gasteiger partial charge < -0.3 is 9.47 Å². The lowest BCUT2D eigenvalue weighted by Crippen LogP contribution is -1.97. The number of benzene rings is 1. The molecule has 1 aromatic carbocycles. The molecule has 0 spiro atoms. The van der Waals surface area contributed by atoms with Crippen LogP contribution in [-0.2, 0) is 6.42 Å². The lowest BCUT2D eigenvalue weighted by molar-refractivity contribution is 0.385. The van der Waals surface area contributed by atoms with Crippen molar-refractivity contribution in [3.05, 3.63) is 23.3 Å². The van der Waals surface area contributed by atoms with Crippen molar-refractivity contribution in [2.24, 2.45) is 0 Å². The summed E-state index contributed by atoms with van der Waals surface area (Å²) in [6.45, 7) is 2.00. The largest absolute Gasteiger partial charge is 0.496 e. The molecule has 0 bridgehead atoms. The first-order valence-corrected chi connectivity index (χ1v) is 4.42. The van der Waals surface area contributed by atoms with Crippen LogP contribution in [0.5, 0.6) is 11.5 Å². The van der Waals surface area contributed by atoms with Gasteiger partial charge in [0.05, 0.1) is 19.8 Å². The minimum absolute atomic E-state index is 0.546. The molecule has 0 aromatic heterocycles. The zero-order valence-electron chi connectivity index (χ0n) is 8.63. The average Bonchev–Trinajstić information content (AvgIpc) is 2.26. The van der Waals surface area contributed by atoms with Gasteiger partial charge in [0.15, 0.2) is 0 Å². The van der Waals surface area contributed by atoms with E-state index in [0.717, 1.165) is 17.7 Å². The van der Waals surface area contributed by atoms with Crippen molar-refractivity contribution in [3.63, 3.8) is 0 Å². The fourth-order valence-corrected chi connectivity index (χ4v) is 1.46. The molecule has 74 valence electrons. The summed E-state index contributed by atoms with van der Waals surface area (Å²) in [4.78, 5) is 0. The first-order chi connectivity index (χ1) is 6.78. The molecule has 14 heavy (non-hydrogen) atoms. The van der Waals surface area contributed by atoms with Crippen molar-refractivity contribution >= 4 is 0 Å². The number of nitriles is 1. The fraction of sp³-hybridized carbons (Fsp3) is 0.364. The summed E-state index contributed by atoms with van der Waals surface area (Å²) in [7, 11) is 3.18. The monoisotopic (exact) mass is 191 g/mol. The summed E-state index contributed by atoms with van der Waals surface area (Å²) < 4.78 is 10.4. The maximum Gasteiger partial charge on any atom is 0.143 e. The Morgan fingerprint density at radius 2 is 2.00 bits per heavy atom. The maximum atomic E-state index is 8.86. The SMILES string of the molecule is CCc1c(OC)ccc(C#N)c1OC. The number of ether oxygens (including phenoxy) is 2. The predicted molar refractivity (Wildman–Crippen MR) is 53.6 cm³/mol. The van der Waals surface area contributed by atoms with Crippen LogP contribution in [0, 0.1) is 11.3 Å². The van der Waals surface area contributed by atoms with E-state index >= 15 is 0 Å². The fourth-order valence-electron chi connectivity index (χ4n) is 1.46. The first kappa shape index (κ1) is 10.4. The standard InChI is InChI=1S/C11H13NO2/c1-4-9-10(13-2)6-5-8(7-12)11(9)14-3/h5-6H,4H2,1-3H3. The van der Waals surface area contributed by atoms with E-state index in [0.29, 0.717) is 11.3 Å². The van der Waals surface area contributed by atoms with Crippen molar-refractivity contribution in [1.29, 1.82) is 5.26 Å². The summed E-state index contributed by atoms with van der Waals surface area (Å²) in [5.74, 6) is 1.39. The molecule has 0 saturated heterocycles. The Kier molecular flexibility index (Phi) is 3.35. The van der Waals surface area contributed by atoms with Crippen LogP contribution in [0.1, 0.15) is 18.1 Å². The molecule has 0 radical (unpaired) electrons. The molecule has 0 heterocycles. The van der Waals surface area contributed by atoms with E-state index in [1.54, 1.807) is 26.4 Å². The third-order valence-corrected chi connectivity index (χ3v) is 2.12. The predicted octanol–water partition coefficient (Wildman–Crippen LogP) is 2.14. The van der Waals surface area contributed by atoms with Gasteiger partial charge in [-0.15, -0.1) is 0 Å². The molecule has 0 fully saturated rings. The van der Waals surface area contributed by atoms with Crippen LogP contribution in [0.4, 0.5) is 0 Å². The Morgan fingerprint density at radius 1 is 1.29 bits per heavy atom. The molecule has 0 saturated carbocycles. The van der Waals surface area contributed by atoms with Crippen molar-refractivity contribution in [2.45, 2.75) is 13.3 Å². The Morgan fingerprint density at radius 3 is 2.43 bits per heavy atom. The molecule has 3 heteroatoms. The minimum atomic E-state index is 0.546. The number of rotatable bonds is 3. The van der Waals surface area contributed by atoms with Gasteiger partial charge in [-0.2, -0.15) is 5.26 Å². The van der Waals surface area contributed by atoms with Crippen molar-refractivity contribution in [2.75, 3.05) is 14.2 Å². The van der Waals surface area contributed by atoms with E-state index in [2.05, 4.69) is 6.07 Å². The molecule has 0 N–H and O–H groups in total. The first-order valence-electron chi connectivity index (χ1n) is 4.42. The lowest BCUT2D eigenvalue weighted by Gasteiger charge is -2.12. The van der Waals surface area contributed by atoms with E-state index < -0.39 is 0 Å². The van der Waals surface area contributed by atoms with E-state index in [1.807, 2.05) is 6.92 Å². The summed E-state index contributed by atoms with van der Waals surface area (Å²) in [5, 5.41) is 8.86. The van der Waals surface area contributed by atoms with Crippen LogP contribution >= 0.6 is 0 Å². The highest BCUT2D eigenvalue weighted by atomic mass is 16.5. The molecule has 0 aliphatic heterocycles. The molecular weight excluding hydrogens is 178 g/mol. The van der Waals surface area contributed by atoms with E-state index in [4.69, 9.17) is 14.7 Å². The van der Waals surface area contributed by atoms with Crippen LogP contribution in [0.25, 0.3) is 0 Å². The topological polar surface area (TPSA) is 42.2 Å². The van der Waals surface area contributed by atoms with Gasteiger partial charge in [0.2, 0.25) is 0 Å². The van der Waals surface area contributed by atoms with Crippen LogP contribution in [0.15, 0.2) is 12.1 Å². The van der Waals surface area contributed by atoms with E-state index in [1.165, 1.54) is 0 Å². The molecule has 0 unspecified atom stereocenters. The van der Waals surface area contributed by atoms with Crippen molar-refractivity contribution in [1.82, 2.24) is 0 Å². The summed E-state index contributed by atoms with van der Waals surface area (Å²) in [6.07, 6.45) is 0.780. The van der Waals surface area contributed by atoms with Crippen LogP contribution in [0.2, 0.25) is 0 Å². The Balaban J connectivity index is 3.38. The number of hydrogen-bond acceptors (Lipinski definition) is 3. The molecule has 0 aliphatic rings. The minimum Gasteiger partial charge on any atom is -0.496 e. The third-order valence-electron chi connectivity index (χ3n) is 2.12. The molecule has 0 amide bonds. The Bertz CT molecular complexity index is 366. The highest BCUT2D eigenvalue weighted by molar-refractivity contribution is 5.54. The van der Waals surface area contributed by atoms with Gasteiger partial charge in [-0.25, -0.2) is 0 Å². The molecule has 0 aliphatic carbocycles. The number of hydrogen-bond donors (Lipinski definition) is 0. The summed E-state index contributed by atoms with van der Waals surface area (Å²) in [6, 6.07) is 5.59. The summed E-state index contributed by atoms with van der Waals surface area (Å²) >= 11 is 0. The molecule has 1 aromatic rings. The van der Waals surface area contributed by atoms with Gasteiger partial charge in [-0.1, -0.05) is 6.92 Å². The Hall–Kier alpha value is -1.69. The van der Waals surface area contributed by atoms with E-state index in [-0.39, 0.29) is 0 Å². The van der Waals surface area contributed by atoms with Gasteiger partial charge in [0.25, 0.3) is 0 Å². The Labute approximate surface area is 83.9 Å². The van der Waals surface area contributed by atoms with Crippen molar-refractivity contribution in [3.8, 4) is 17.6 Å². The highest BCUT2D eigenvalue weighted by Crippen LogP contribution is 2.31. The second-order valence-corrected chi connectivity index (χ2v) is 2.79. The normalized spacial score (nSPS) is 9.29. The lowest BCUT2D eigenvalue weighted by atomic mass is 10.1. The number of methoxy groups -OCH3 is 2. The van der Waals surface area contributed by atoms with Gasteiger partial charge in [0, 0.05) is 5.56 Å². The zero-order chi connectivity index (χ0) is 10.6. The van der Waals surface area contributed by atoms with Gasteiger partial charge >= 0.3 is 0 Å². The average molecular weight is 191 g/mol. The van der Waals surface area contributed by atoms with Crippen LogP contribution in [-0.4, -0.2) is 14.2 Å². The number of nitrogens with zero attached hydrogens (tertiary/aromatic N) is 1. The molecule has 0 atom stereocenters. The van der Waals surface area contributed by atoms with Crippen LogP contribution in [0.3, 0.4) is 0 Å². The smallest absolute Gasteiger partial charge is 0.143 e. The molecular formula is C11H13NO2. The second-order valence-electron chi connectivity index (χ2n) is 2.79. The quantitative estimate of drug-likeness (QED) is 0.735. The second kappa shape index (κ2) is 4.52.